The minimum absolute atomic E-state index is 0.0617. The van der Waals surface area contributed by atoms with E-state index in [2.05, 4.69) is 42.5 Å². The zero-order valence-electron chi connectivity index (χ0n) is 34.7. The number of carbonyl (C=O) groups excluding carboxylic acids is 5. The van der Waals surface area contributed by atoms with E-state index in [1.54, 1.807) is 17.2 Å². The van der Waals surface area contributed by atoms with Gasteiger partial charge in [0.25, 0.3) is 11.8 Å². The van der Waals surface area contributed by atoms with Crippen molar-refractivity contribution < 1.29 is 29.1 Å². The van der Waals surface area contributed by atoms with Crippen LogP contribution in [0.3, 0.4) is 0 Å². The lowest BCUT2D eigenvalue weighted by atomic mass is 9.88. The van der Waals surface area contributed by atoms with E-state index in [9.17, 15) is 29.1 Å². The van der Waals surface area contributed by atoms with E-state index in [1.165, 1.54) is 10.5 Å². The van der Waals surface area contributed by atoms with Gasteiger partial charge in [-0.05, 0) is 99.7 Å². The maximum absolute atomic E-state index is 13.5. The summed E-state index contributed by atoms with van der Waals surface area (Å²) in [6.07, 6.45) is 6.84. The Labute approximate surface area is 355 Å². The molecule has 17 heteroatoms. The largest absolute Gasteiger partial charge is 0.371 e. The number of aromatic nitrogens is 2. The molecule has 6 amide bonds. The van der Waals surface area contributed by atoms with Crippen LogP contribution in [0.2, 0.25) is 0 Å². The van der Waals surface area contributed by atoms with Gasteiger partial charge in [-0.1, -0.05) is 18.2 Å². The second kappa shape index (κ2) is 16.9. The number of benzene rings is 2. The van der Waals surface area contributed by atoms with Crippen LogP contribution in [-0.2, 0) is 9.59 Å². The SMILES string of the molecule is CN1CCN([C@@H]2CCCN(c3cnc(C(N)=O)c(Nc4ccc(C5CCN(C[C@@H]6CCCN(c7ccc8c(c7)C(=O)N(C7CCC(=O)NC7=O)C8O)C6)CC5)cc4)n3)C2)C1=O. The molecule has 5 saturated heterocycles. The number of imide groups is 1. The first-order chi connectivity index (χ1) is 29.5. The number of hydrogen-bond donors (Lipinski definition) is 4. The number of nitrogens with zero attached hydrogens (tertiary/aromatic N) is 8. The summed E-state index contributed by atoms with van der Waals surface area (Å²) in [5.41, 5.74) is 9.71. The Hall–Kier alpha value is -5.81. The summed E-state index contributed by atoms with van der Waals surface area (Å²) in [7, 11) is 1.83. The fraction of sp³-hybridized carbons (Fsp3) is 0.523. The van der Waals surface area contributed by atoms with E-state index in [0.717, 1.165) is 102 Å². The van der Waals surface area contributed by atoms with Gasteiger partial charge < -0.3 is 40.7 Å². The number of aliphatic hydroxyl groups is 1. The van der Waals surface area contributed by atoms with Gasteiger partial charge in [0.05, 0.1) is 12.2 Å². The molecule has 6 aliphatic heterocycles. The number of nitrogens with two attached hydrogens (primary N) is 1. The van der Waals surface area contributed by atoms with Gasteiger partial charge in [0.15, 0.2) is 17.7 Å². The van der Waals surface area contributed by atoms with Gasteiger partial charge >= 0.3 is 6.03 Å². The molecule has 2 aromatic carbocycles. The van der Waals surface area contributed by atoms with Gasteiger partial charge in [-0.3, -0.25) is 29.4 Å². The fourth-order valence-corrected chi connectivity index (χ4v) is 10.3. The number of primary amides is 1. The Morgan fingerprint density at radius 1 is 0.902 bits per heavy atom. The second-order valence-electron chi connectivity index (χ2n) is 17.5. The molecule has 0 aliphatic carbocycles. The number of rotatable bonds is 10. The van der Waals surface area contributed by atoms with Crippen molar-refractivity contribution in [1.82, 2.24) is 34.9 Å². The highest BCUT2D eigenvalue weighted by molar-refractivity contribution is 6.06. The molecule has 1 aromatic heterocycles. The second-order valence-corrected chi connectivity index (χ2v) is 17.5. The molecule has 0 saturated carbocycles. The van der Waals surface area contributed by atoms with Crippen LogP contribution in [0.1, 0.15) is 95.5 Å². The van der Waals surface area contributed by atoms with Gasteiger partial charge in [-0.2, -0.15) is 0 Å². The van der Waals surface area contributed by atoms with Gasteiger partial charge in [-0.25, -0.2) is 14.8 Å². The molecular weight excluding hydrogens is 779 g/mol. The number of urea groups is 1. The van der Waals surface area contributed by atoms with Crippen LogP contribution < -0.4 is 26.2 Å². The third-order valence-electron chi connectivity index (χ3n) is 13.6. The van der Waals surface area contributed by atoms with E-state index < -0.39 is 24.1 Å². The molecule has 0 radical (unpaired) electrons. The highest BCUT2D eigenvalue weighted by Crippen LogP contribution is 2.38. The van der Waals surface area contributed by atoms with Gasteiger partial charge in [0.2, 0.25) is 11.8 Å². The van der Waals surface area contributed by atoms with E-state index in [-0.39, 0.29) is 42.4 Å². The first-order valence-corrected chi connectivity index (χ1v) is 21.8. The predicted octanol–water partition coefficient (Wildman–Crippen LogP) is 3.00. The highest BCUT2D eigenvalue weighted by atomic mass is 16.3. The number of nitrogens with one attached hydrogen (secondary N) is 2. The molecule has 17 nitrogen and oxygen atoms in total. The van der Waals surface area contributed by atoms with Gasteiger partial charge in [-0.15, -0.1) is 0 Å². The van der Waals surface area contributed by atoms with Crippen LogP contribution in [0.5, 0.6) is 0 Å². The Morgan fingerprint density at radius 3 is 2.41 bits per heavy atom. The highest BCUT2D eigenvalue weighted by Gasteiger charge is 2.45. The number of amides is 6. The number of anilines is 4. The number of likely N-dealkylation sites (tertiary alicyclic amines) is 1. The van der Waals surface area contributed by atoms with Crippen LogP contribution in [-0.4, -0.2) is 142 Å². The van der Waals surface area contributed by atoms with Crippen molar-refractivity contribution in [2.75, 3.05) is 81.1 Å². The van der Waals surface area contributed by atoms with Crippen LogP contribution in [0.25, 0.3) is 0 Å². The monoisotopic (exact) mass is 833 g/mol. The maximum Gasteiger partial charge on any atom is 0.320 e. The minimum atomic E-state index is -1.22. The van der Waals surface area contributed by atoms with Gasteiger partial charge in [0.1, 0.15) is 11.9 Å². The lowest BCUT2D eigenvalue weighted by Crippen LogP contribution is -2.53. The Balaban J connectivity index is 0.780. The van der Waals surface area contributed by atoms with Gasteiger partial charge in [0, 0.05) is 81.8 Å². The zero-order valence-corrected chi connectivity index (χ0v) is 34.7. The summed E-state index contributed by atoms with van der Waals surface area (Å²) in [5.74, 6) is -0.0865. The van der Waals surface area contributed by atoms with E-state index in [1.807, 2.05) is 36.2 Å². The summed E-state index contributed by atoms with van der Waals surface area (Å²) in [6, 6.07) is 13.2. The number of carbonyl (C=O) groups is 5. The van der Waals surface area contributed by atoms with Crippen molar-refractivity contribution in [2.24, 2.45) is 11.7 Å². The van der Waals surface area contributed by atoms with E-state index in [4.69, 9.17) is 10.7 Å². The van der Waals surface area contributed by atoms with Crippen LogP contribution in [0.15, 0.2) is 48.7 Å². The molecule has 7 heterocycles. The molecule has 322 valence electrons. The van der Waals surface area contributed by atoms with Crippen LogP contribution in [0, 0.1) is 5.92 Å². The first kappa shape index (κ1) is 40.6. The maximum atomic E-state index is 13.5. The van der Waals surface area contributed by atoms with Crippen LogP contribution in [0.4, 0.5) is 27.8 Å². The van der Waals surface area contributed by atoms with Crippen molar-refractivity contribution in [3.05, 3.63) is 71.0 Å². The molecule has 5 N–H and O–H groups in total. The van der Waals surface area contributed by atoms with Crippen LogP contribution >= 0.6 is 0 Å². The lowest BCUT2D eigenvalue weighted by molar-refractivity contribution is -0.139. The number of aliphatic hydroxyl groups excluding tert-OH is 1. The normalized spacial score (nSPS) is 25.3. The lowest BCUT2D eigenvalue weighted by Gasteiger charge is -2.39. The molecule has 0 bridgehead atoms. The topological polar surface area (TPSA) is 201 Å². The summed E-state index contributed by atoms with van der Waals surface area (Å²) in [5, 5.41) is 16.6. The summed E-state index contributed by atoms with van der Waals surface area (Å²) in [6.45, 7) is 7.66. The molecule has 9 rings (SSSR count). The Kier molecular flexibility index (Phi) is 11.3. The molecule has 2 unspecified atom stereocenters. The summed E-state index contributed by atoms with van der Waals surface area (Å²) >= 11 is 0. The van der Waals surface area contributed by atoms with Crippen molar-refractivity contribution in [2.45, 2.75) is 75.6 Å². The molecule has 6 aliphatic rings. The summed E-state index contributed by atoms with van der Waals surface area (Å²) < 4.78 is 0. The summed E-state index contributed by atoms with van der Waals surface area (Å²) in [4.78, 5) is 84.0. The molecule has 5 fully saturated rings. The molecular formula is C44H55N11O6. The molecule has 4 atom stereocenters. The van der Waals surface area contributed by atoms with Crippen molar-refractivity contribution >= 4 is 52.7 Å². The Bertz CT molecular complexity index is 2200. The average molecular weight is 834 g/mol. The Morgan fingerprint density at radius 2 is 1.67 bits per heavy atom. The number of fused-ring (bicyclic) bond motifs is 1. The minimum Gasteiger partial charge on any atom is -0.371 e. The number of piperidine rings is 4. The van der Waals surface area contributed by atoms with Crippen molar-refractivity contribution in [1.29, 1.82) is 0 Å². The molecule has 3 aromatic rings. The van der Waals surface area contributed by atoms with Crippen molar-refractivity contribution in [3.8, 4) is 0 Å². The number of likely N-dealkylation sites (N-methyl/N-ethyl adjacent to an activating group) is 1. The average Bonchev–Trinajstić information content (AvgIpc) is 3.73. The third-order valence-corrected chi connectivity index (χ3v) is 13.6. The fourth-order valence-electron chi connectivity index (χ4n) is 10.3. The molecule has 61 heavy (non-hydrogen) atoms. The third kappa shape index (κ3) is 8.20. The van der Waals surface area contributed by atoms with E-state index >= 15 is 0 Å². The first-order valence-electron chi connectivity index (χ1n) is 21.8. The molecule has 0 spiro atoms. The van der Waals surface area contributed by atoms with E-state index in [0.29, 0.717) is 41.1 Å². The quantitative estimate of drug-likeness (QED) is 0.218. The standard InChI is InChI=1S/C44H55N11O6/c1-50-20-21-54(44(50)61)32-5-3-17-53(26-32)36-23-46-38(39(45)57)40(48-36)47-30-8-6-28(7-9-30)29-14-18-51(19-15-29)24-27-4-2-16-52(25-27)31-10-11-33-34(22-31)43(60)55(42(33)59)35-12-13-37(56)49-41(35)58/h6-11,22-23,27,29,32,35,42,59H,2-5,12-21,24-26H2,1H3,(H2,45,57)(H,47,48)(H,49,56,58)/t27-,32+,35?,42?/m0/s1. The smallest absolute Gasteiger partial charge is 0.320 e. The number of hydrogen-bond acceptors (Lipinski definition) is 12. The predicted molar refractivity (Wildman–Crippen MR) is 227 cm³/mol. The zero-order chi connectivity index (χ0) is 42.4. The van der Waals surface area contributed by atoms with Crippen molar-refractivity contribution in [3.63, 3.8) is 0 Å².